The van der Waals surface area contributed by atoms with Crippen LogP contribution in [0.2, 0.25) is 5.02 Å². The highest BCUT2D eigenvalue weighted by molar-refractivity contribution is 7.80. The Balaban J connectivity index is 1.73. The molecule has 0 saturated heterocycles. The van der Waals surface area contributed by atoms with Gasteiger partial charge in [0.1, 0.15) is 5.82 Å². The molecule has 0 aliphatic heterocycles. The van der Waals surface area contributed by atoms with Crippen LogP contribution in [0, 0.1) is 19.7 Å². The van der Waals surface area contributed by atoms with E-state index in [1.165, 1.54) is 12.1 Å². The summed E-state index contributed by atoms with van der Waals surface area (Å²) in [6.07, 6.45) is 0. The molecule has 0 saturated carbocycles. The molecular formula is C19H18ClFN4S. The first-order valence-electron chi connectivity index (χ1n) is 8.04. The van der Waals surface area contributed by atoms with E-state index in [4.69, 9.17) is 23.8 Å². The number of nitrogens with one attached hydrogen (secondary N) is 2. The van der Waals surface area contributed by atoms with Gasteiger partial charge in [-0.25, -0.2) is 4.39 Å². The van der Waals surface area contributed by atoms with Gasteiger partial charge in [0.15, 0.2) is 5.11 Å². The molecule has 3 rings (SSSR count). The van der Waals surface area contributed by atoms with Crippen LogP contribution in [0.4, 0.5) is 15.8 Å². The van der Waals surface area contributed by atoms with Crippen LogP contribution in [0.1, 0.15) is 17.0 Å². The van der Waals surface area contributed by atoms with Gasteiger partial charge in [0.25, 0.3) is 0 Å². The quantitative estimate of drug-likeness (QED) is 0.606. The van der Waals surface area contributed by atoms with Crippen LogP contribution < -0.4 is 10.6 Å². The summed E-state index contributed by atoms with van der Waals surface area (Å²) in [4.78, 5) is 0. The second-order valence-electron chi connectivity index (χ2n) is 5.92. The molecule has 0 unspecified atom stereocenters. The maximum Gasteiger partial charge on any atom is 0.175 e. The van der Waals surface area contributed by atoms with E-state index in [1.807, 2.05) is 36.7 Å². The molecule has 0 aliphatic rings. The molecular weight excluding hydrogens is 371 g/mol. The van der Waals surface area contributed by atoms with Crippen molar-refractivity contribution in [1.82, 2.24) is 9.78 Å². The summed E-state index contributed by atoms with van der Waals surface area (Å²) in [6.45, 7) is 4.35. The molecule has 0 fully saturated rings. The van der Waals surface area contributed by atoms with Crippen molar-refractivity contribution < 1.29 is 4.39 Å². The monoisotopic (exact) mass is 388 g/mol. The number of benzene rings is 2. The Morgan fingerprint density at radius 2 is 1.88 bits per heavy atom. The Hall–Kier alpha value is -2.44. The Morgan fingerprint density at radius 3 is 2.58 bits per heavy atom. The van der Waals surface area contributed by atoms with Gasteiger partial charge in [-0.3, -0.25) is 4.68 Å². The predicted molar refractivity (Wildman–Crippen MR) is 108 cm³/mol. The Labute approximate surface area is 162 Å². The van der Waals surface area contributed by atoms with Crippen LogP contribution in [0.15, 0.2) is 48.5 Å². The Bertz CT molecular complexity index is 937. The lowest BCUT2D eigenvalue weighted by molar-refractivity contribution is 0.616. The van der Waals surface area contributed by atoms with E-state index in [0.717, 1.165) is 28.3 Å². The molecule has 0 amide bonds. The van der Waals surface area contributed by atoms with E-state index in [1.54, 1.807) is 18.2 Å². The average Bonchev–Trinajstić information content (AvgIpc) is 2.84. The zero-order valence-corrected chi connectivity index (χ0v) is 16.0. The van der Waals surface area contributed by atoms with Crippen molar-refractivity contribution in [3.05, 3.63) is 76.3 Å². The molecule has 0 atom stereocenters. The number of anilines is 2. The van der Waals surface area contributed by atoms with Crippen molar-refractivity contribution in [3.63, 3.8) is 0 Å². The van der Waals surface area contributed by atoms with Crippen LogP contribution in [-0.4, -0.2) is 14.9 Å². The van der Waals surface area contributed by atoms with Gasteiger partial charge in [0, 0.05) is 10.7 Å². The standard InChI is InChI=1S/C19H18ClFN4S/c1-12-18(23-19(26)22-17-8-6-15(20)7-9-17)13(2)25(24-12)11-14-4-3-5-16(21)10-14/h3-10H,11H2,1-2H3,(H2,22,23,26). The van der Waals surface area contributed by atoms with Crippen LogP contribution in [0.3, 0.4) is 0 Å². The molecule has 0 bridgehead atoms. The van der Waals surface area contributed by atoms with Gasteiger partial charge in [0.2, 0.25) is 0 Å². The van der Waals surface area contributed by atoms with E-state index in [0.29, 0.717) is 16.7 Å². The number of hydrogen-bond donors (Lipinski definition) is 2. The molecule has 0 radical (unpaired) electrons. The maximum atomic E-state index is 13.4. The van der Waals surface area contributed by atoms with Crippen molar-refractivity contribution in [1.29, 1.82) is 0 Å². The lowest BCUT2D eigenvalue weighted by Gasteiger charge is -2.11. The smallest absolute Gasteiger partial charge is 0.175 e. The molecule has 1 heterocycles. The fourth-order valence-electron chi connectivity index (χ4n) is 2.65. The van der Waals surface area contributed by atoms with Crippen molar-refractivity contribution in [3.8, 4) is 0 Å². The molecule has 134 valence electrons. The molecule has 2 N–H and O–H groups in total. The minimum absolute atomic E-state index is 0.254. The number of aryl methyl sites for hydroxylation is 1. The van der Waals surface area contributed by atoms with Crippen LogP contribution >= 0.6 is 23.8 Å². The molecule has 0 spiro atoms. The van der Waals surface area contributed by atoms with E-state index >= 15 is 0 Å². The number of nitrogens with zero attached hydrogens (tertiary/aromatic N) is 2. The van der Waals surface area contributed by atoms with Crippen molar-refractivity contribution >= 4 is 40.3 Å². The van der Waals surface area contributed by atoms with Gasteiger partial charge < -0.3 is 10.6 Å². The fraction of sp³-hybridized carbons (Fsp3) is 0.158. The van der Waals surface area contributed by atoms with Crippen molar-refractivity contribution in [2.75, 3.05) is 10.6 Å². The van der Waals surface area contributed by atoms with E-state index in [9.17, 15) is 4.39 Å². The second kappa shape index (κ2) is 7.85. The number of halogens is 2. The van der Waals surface area contributed by atoms with Crippen LogP contribution in [-0.2, 0) is 6.54 Å². The highest BCUT2D eigenvalue weighted by atomic mass is 35.5. The van der Waals surface area contributed by atoms with Crippen molar-refractivity contribution in [2.45, 2.75) is 20.4 Å². The number of hydrogen-bond acceptors (Lipinski definition) is 2. The van der Waals surface area contributed by atoms with Gasteiger partial charge in [-0.1, -0.05) is 23.7 Å². The Morgan fingerprint density at radius 1 is 1.15 bits per heavy atom. The summed E-state index contributed by atoms with van der Waals surface area (Å²) in [7, 11) is 0. The third-order valence-electron chi connectivity index (χ3n) is 3.94. The van der Waals surface area contributed by atoms with Crippen LogP contribution in [0.25, 0.3) is 0 Å². The highest BCUT2D eigenvalue weighted by Crippen LogP contribution is 2.21. The minimum Gasteiger partial charge on any atom is -0.332 e. The largest absolute Gasteiger partial charge is 0.332 e. The zero-order chi connectivity index (χ0) is 18.7. The lowest BCUT2D eigenvalue weighted by atomic mass is 10.2. The summed E-state index contributed by atoms with van der Waals surface area (Å²) in [5.74, 6) is -0.254. The van der Waals surface area contributed by atoms with Gasteiger partial charge in [0.05, 0.1) is 23.6 Å². The summed E-state index contributed by atoms with van der Waals surface area (Å²) < 4.78 is 15.2. The SMILES string of the molecule is Cc1nn(Cc2cccc(F)c2)c(C)c1NC(=S)Nc1ccc(Cl)cc1. The minimum atomic E-state index is -0.254. The molecule has 2 aromatic carbocycles. The topological polar surface area (TPSA) is 41.9 Å². The first-order valence-corrected chi connectivity index (χ1v) is 8.83. The maximum absolute atomic E-state index is 13.4. The highest BCUT2D eigenvalue weighted by Gasteiger charge is 2.13. The Kier molecular flexibility index (Phi) is 5.54. The van der Waals surface area contributed by atoms with Crippen LogP contribution in [0.5, 0.6) is 0 Å². The van der Waals surface area contributed by atoms with Crippen molar-refractivity contribution in [2.24, 2.45) is 0 Å². The predicted octanol–water partition coefficient (Wildman–Crippen LogP) is 5.15. The van der Waals surface area contributed by atoms with Gasteiger partial charge in [-0.15, -0.1) is 0 Å². The number of thiocarbonyl (C=S) groups is 1. The second-order valence-corrected chi connectivity index (χ2v) is 6.76. The normalized spacial score (nSPS) is 10.6. The molecule has 0 aliphatic carbocycles. The number of rotatable bonds is 4. The molecule has 3 aromatic rings. The summed E-state index contributed by atoms with van der Waals surface area (Å²) in [6, 6.07) is 13.8. The van der Waals surface area contributed by atoms with Gasteiger partial charge >= 0.3 is 0 Å². The first kappa shape index (κ1) is 18.4. The van der Waals surface area contributed by atoms with Gasteiger partial charge in [-0.05, 0) is 68.0 Å². The number of aromatic nitrogens is 2. The summed E-state index contributed by atoms with van der Waals surface area (Å²) >= 11 is 11.3. The van der Waals surface area contributed by atoms with E-state index < -0.39 is 0 Å². The lowest BCUT2D eigenvalue weighted by Crippen LogP contribution is -2.19. The first-order chi connectivity index (χ1) is 12.4. The fourth-order valence-corrected chi connectivity index (χ4v) is 3.00. The zero-order valence-electron chi connectivity index (χ0n) is 14.4. The molecule has 26 heavy (non-hydrogen) atoms. The third kappa shape index (κ3) is 4.39. The molecule has 1 aromatic heterocycles. The average molecular weight is 389 g/mol. The molecule has 7 heteroatoms. The van der Waals surface area contributed by atoms with Gasteiger partial charge in [-0.2, -0.15) is 5.10 Å². The molecule has 4 nitrogen and oxygen atoms in total. The third-order valence-corrected chi connectivity index (χ3v) is 4.40. The summed E-state index contributed by atoms with van der Waals surface area (Å²) in [5, 5.41) is 12.0. The van der Waals surface area contributed by atoms with E-state index in [-0.39, 0.29) is 5.82 Å². The van der Waals surface area contributed by atoms with E-state index in [2.05, 4.69) is 15.7 Å². The summed E-state index contributed by atoms with van der Waals surface area (Å²) in [5.41, 5.74) is 4.28.